The Morgan fingerprint density at radius 3 is 2.24 bits per heavy atom. The van der Waals surface area contributed by atoms with Crippen molar-refractivity contribution in [2.75, 3.05) is 20.2 Å². The topological polar surface area (TPSA) is 74.0 Å². The van der Waals surface area contributed by atoms with Crippen LogP contribution in [0.3, 0.4) is 0 Å². The molecule has 0 aliphatic heterocycles. The van der Waals surface area contributed by atoms with E-state index in [4.69, 9.17) is 19.9 Å². The molecular weight excluding hydrogens is 440 g/mol. The van der Waals surface area contributed by atoms with Crippen LogP contribution in [-0.4, -0.2) is 31.2 Å². The number of nitrogens with two attached hydrogens (primary N) is 1. The monoisotopic (exact) mass is 470 g/mol. The van der Waals surface area contributed by atoms with Gasteiger partial charge >= 0.3 is 6.09 Å². The molecule has 0 bridgehead atoms. The molecule has 0 aliphatic carbocycles. The standard InChI is InChI=1S/C26H30N2O4.ClH/c1-20(23-11-7-4-8-12-23)32-26(29)28(16-15-27)18-22-13-14-24(25(17-22)30-2)31-19-21-9-5-3-6-10-21;/h3-14,17,20H,15-16,18-19,27H2,1-2H3;1H. The lowest BCUT2D eigenvalue weighted by molar-refractivity contribution is 0.0682. The number of benzene rings is 3. The lowest BCUT2D eigenvalue weighted by atomic mass is 10.1. The second-order valence-corrected chi connectivity index (χ2v) is 7.41. The van der Waals surface area contributed by atoms with Crippen molar-refractivity contribution in [3.63, 3.8) is 0 Å². The van der Waals surface area contributed by atoms with E-state index in [9.17, 15) is 4.79 Å². The second kappa shape index (κ2) is 13.4. The van der Waals surface area contributed by atoms with Gasteiger partial charge in [0.25, 0.3) is 0 Å². The van der Waals surface area contributed by atoms with Crippen LogP contribution in [0.2, 0.25) is 0 Å². The maximum absolute atomic E-state index is 12.8. The van der Waals surface area contributed by atoms with Gasteiger partial charge in [0.2, 0.25) is 0 Å². The summed E-state index contributed by atoms with van der Waals surface area (Å²) < 4.78 is 17.1. The molecule has 1 amide bonds. The minimum absolute atomic E-state index is 0. The number of nitrogens with zero attached hydrogens (tertiary/aromatic N) is 1. The molecule has 6 nitrogen and oxygen atoms in total. The highest BCUT2D eigenvalue weighted by Gasteiger charge is 2.19. The summed E-state index contributed by atoms with van der Waals surface area (Å²) in [6, 6.07) is 25.2. The predicted molar refractivity (Wildman–Crippen MR) is 132 cm³/mol. The van der Waals surface area contributed by atoms with Gasteiger partial charge in [0.1, 0.15) is 12.7 Å². The van der Waals surface area contributed by atoms with Crippen LogP contribution in [0.4, 0.5) is 4.79 Å². The number of amides is 1. The largest absolute Gasteiger partial charge is 0.493 e. The number of rotatable bonds is 10. The number of carbonyl (C=O) groups excluding carboxylic acids is 1. The molecule has 0 saturated heterocycles. The first-order chi connectivity index (χ1) is 15.6. The molecule has 0 aliphatic rings. The van der Waals surface area contributed by atoms with Gasteiger partial charge in [-0.1, -0.05) is 66.7 Å². The summed E-state index contributed by atoms with van der Waals surface area (Å²) >= 11 is 0. The van der Waals surface area contributed by atoms with E-state index in [1.54, 1.807) is 12.0 Å². The molecule has 7 heteroatoms. The smallest absolute Gasteiger partial charge is 0.410 e. The minimum Gasteiger partial charge on any atom is -0.493 e. The molecule has 0 fully saturated rings. The molecule has 33 heavy (non-hydrogen) atoms. The van der Waals surface area contributed by atoms with Gasteiger partial charge in [0.05, 0.1) is 7.11 Å². The highest BCUT2D eigenvalue weighted by atomic mass is 35.5. The Morgan fingerprint density at radius 2 is 1.61 bits per heavy atom. The van der Waals surface area contributed by atoms with Crippen LogP contribution in [0.15, 0.2) is 78.9 Å². The maximum atomic E-state index is 12.8. The number of hydrogen-bond acceptors (Lipinski definition) is 5. The Hall–Kier alpha value is -3.22. The van der Waals surface area contributed by atoms with Gasteiger partial charge in [-0.2, -0.15) is 0 Å². The van der Waals surface area contributed by atoms with Gasteiger partial charge in [-0.05, 0) is 35.7 Å². The molecule has 3 rings (SSSR count). The van der Waals surface area contributed by atoms with E-state index in [-0.39, 0.29) is 18.5 Å². The molecule has 0 aromatic heterocycles. The van der Waals surface area contributed by atoms with E-state index in [1.165, 1.54) is 0 Å². The van der Waals surface area contributed by atoms with Crippen molar-refractivity contribution in [2.24, 2.45) is 5.73 Å². The fourth-order valence-corrected chi connectivity index (χ4v) is 3.29. The van der Waals surface area contributed by atoms with Crippen molar-refractivity contribution in [1.29, 1.82) is 0 Å². The highest BCUT2D eigenvalue weighted by molar-refractivity contribution is 5.85. The van der Waals surface area contributed by atoms with Crippen LogP contribution in [0.1, 0.15) is 29.7 Å². The van der Waals surface area contributed by atoms with Crippen molar-refractivity contribution in [1.82, 2.24) is 4.90 Å². The number of ether oxygens (including phenoxy) is 3. The van der Waals surface area contributed by atoms with Crippen LogP contribution < -0.4 is 15.2 Å². The SMILES string of the molecule is COc1cc(CN(CCN)C(=O)OC(C)c2ccccc2)ccc1OCc1ccccc1.Cl. The fourth-order valence-electron chi connectivity index (χ4n) is 3.29. The normalized spacial score (nSPS) is 11.1. The Morgan fingerprint density at radius 1 is 0.939 bits per heavy atom. The Kier molecular flexibility index (Phi) is 10.5. The number of hydrogen-bond donors (Lipinski definition) is 1. The zero-order chi connectivity index (χ0) is 22.8. The molecule has 3 aromatic carbocycles. The predicted octanol–water partition coefficient (Wildman–Crippen LogP) is 5.35. The molecule has 1 unspecified atom stereocenters. The molecule has 0 saturated carbocycles. The van der Waals surface area contributed by atoms with Gasteiger partial charge in [0, 0.05) is 19.6 Å². The minimum atomic E-state index is -0.407. The van der Waals surface area contributed by atoms with E-state index in [0.29, 0.717) is 37.7 Å². The summed E-state index contributed by atoms with van der Waals surface area (Å²) in [5.74, 6) is 1.25. The van der Waals surface area contributed by atoms with E-state index in [2.05, 4.69) is 0 Å². The molecule has 0 spiro atoms. The first-order valence-corrected chi connectivity index (χ1v) is 10.6. The molecule has 176 valence electrons. The molecule has 0 heterocycles. The third kappa shape index (κ3) is 7.70. The van der Waals surface area contributed by atoms with Crippen molar-refractivity contribution < 1.29 is 19.0 Å². The number of methoxy groups -OCH3 is 1. The average molecular weight is 471 g/mol. The van der Waals surface area contributed by atoms with Crippen molar-refractivity contribution in [3.8, 4) is 11.5 Å². The lowest BCUT2D eigenvalue weighted by Gasteiger charge is -2.24. The molecule has 1 atom stereocenters. The quantitative estimate of drug-likeness (QED) is 0.432. The van der Waals surface area contributed by atoms with Crippen molar-refractivity contribution in [2.45, 2.75) is 26.2 Å². The van der Waals surface area contributed by atoms with E-state index >= 15 is 0 Å². The Bertz CT molecular complexity index is 986. The average Bonchev–Trinajstić information content (AvgIpc) is 2.84. The third-order valence-corrected chi connectivity index (χ3v) is 5.04. The third-order valence-electron chi connectivity index (χ3n) is 5.04. The summed E-state index contributed by atoms with van der Waals surface area (Å²) in [5.41, 5.74) is 8.65. The van der Waals surface area contributed by atoms with Crippen molar-refractivity contribution in [3.05, 3.63) is 95.6 Å². The van der Waals surface area contributed by atoms with E-state index < -0.39 is 6.09 Å². The zero-order valence-corrected chi connectivity index (χ0v) is 19.8. The Balaban J connectivity index is 0.00000385. The summed E-state index contributed by atoms with van der Waals surface area (Å²) in [7, 11) is 1.60. The van der Waals surface area contributed by atoms with Crippen LogP contribution in [0.5, 0.6) is 11.5 Å². The van der Waals surface area contributed by atoms with Crippen LogP contribution in [0.25, 0.3) is 0 Å². The number of carbonyl (C=O) groups is 1. The Labute approximate surface area is 201 Å². The summed E-state index contributed by atoms with van der Waals surface area (Å²) in [5, 5.41) is 0. The number of halogens is 1. The zero-order valence-electron chi connectivity index (χ0n) is 19.0. The lowest BCUT2D eigenvalue weighted by Crippen LogP contribution is -2.35. The molecular formula is C26H31ClN2O4. The molecule has 2 N–H and O–H groups in total. The van der Waals surface area contributed by atoms with E-state index in [1.807, 2.05) is 85.8 Å². The molecule has 0 radical (unpaired) electrons. The maximum Gasteiger partial charge on any atom is 0.410 e. The second-order valence-electron chi connectivity index (χ2n) is 7.41. The van der Waals surface area contributed by atoms with Crippen LogP contribution in [0, 0.1) is 0 Å². The fraction of sp³-hybridized carbons (Fsp3) is 0.269. The summed E-state index contributed by atoms with van der Waals surface area (Å²) in [4.78, 5) is 14.4. The summed E-state index contributed by atoms with van der Waals surface area (Å²) in [6.07, 6.45) is -0.762. The van der Waals surface area contributed by atoms with Crippen molar-refractivity contribution >= 4 is 18.5 Å². The van der Waals surface area contributed by atoms with E-state index in [0.717, 1.165) is 16.7 Å². The molecule has 3 aromatic rings. The van der Waals surface area contributed by atoms with Gasteiger partial charge in [-0.15, -0.1) is 12.4 Å². The first kappa shape index (κ1) is 26.0. The van der Waals surface area contributed by atoms with Gasteiger partial charge in [-0.25, -0.2) is 4.79 Å². The van der Waals surface area contributed by atoms with Gasteiger partial charge < -0.3 is 24.8 Å². The summed E-state index contributed by atoms with van der Waals surface area (Å²) in [6.45, 7) is 3.38. The van der Waals surface area contributed by atoms with Gasteiger partial charge in [-0.3, -0.25) is 0 Å². The van der Waals surface area contributed by atoms with Crippen LogP contribution >= 0.6 is 12.4 Å². The first-order valence-electron chi connectivity index (χ1n) is 10.6. The van der Waals surface area contributed by atoms with Crippen LogP contribution in [-0.2, 0) is 17.9 Å². The van der Waals surface area contributed by atoms with Gasteiger partial charge in [0.15, 0.2) is 11.5 Å². The highest BCUT2D eigenvalue weighted by Crippen LogP contribution is 2.29.